The minimum atomic E-state index is 0.262. The Morgan fingerprint density at radius 1 is 1.58 bits per heavy atom. The molecule has 0 spiro atoms. The first-order valence-electron chi connectivity index (χ1n) is 4.44. The molecule has 1 fully saturated rings. The van der Waals surface area contributed by atoms with Crippen LogP contribution in [-0.2, 0) is 9.53 Å². The van der Waals surface area contributed by atoms with Gasteiger partial charge in [-0.2, -0.15) is 0 Å². The van der Waals surface area contributed by atoms with Crippen molar-refractivity contribution in [1.29, 1.82) is 0 Å². The Morgan fingerprint density at radius 3 is 2.58 bits per heavy atom. The summed E-state index contributed by atoms with van der Waals surface area (Å²) in [5, 5.41) is 0. The fourth-order valence-electron chi connectivity index (χ4n) is 1.27. The second-order valence-electron chi connectivity index (χ2n) is 3.75. The lowest BCUT2D eigenvalue weighted by atomic mass is 10.1. The molecule has 12 heavy (non-hydrogen) atoms. The van der Waals surface area contributed by atoms with Crippen molar-refractivity contribution in [3.05, 3.63) is 0 Å². The molecule has 3 heteroatoms. The van der Waals surface area contributed by atoms with Gasteiger partial charge >= 0.3 is 0 Å². The van der Waals surface area contributed by atoms with E-state index in [-0.39, 0.29) is 12.0 Å². The average molecular weight is 171 g/mol. The molecule has 0 atom stereocenters. The van der Waals surface area contributed by atoms with Crippen LogP contribution in [0.5, 0.6) is 0 Å². The maximum Gasteiger partial charge on any atom is 0.223 e. The fraction of sp³-hybridized carbons (Fsp3) is 0.889. The molecule has 0 aromatic heterocycles. The molecule has 0 aliphatic carbocycles. The zero-order valence-electron chi connectivity index (χ0n) is 8.04. The quantitative estimate of drug-likeness (QED) is 0.631. The minimum Gasteiger partial charge on any atom is -0.378 e. The van der Waals surface area contributed by atoms with Crippen molar-refractivity contribution in [2.45, 2.75) is 26.4 Å². The van der Waals surface area contributed by atoms with Crippen LogP contribution in [-0.4, -0.2) is 37.1 Å². The fourth-order valence-corrected chi connectivity index (χ4v) is 1.27. The number of rotatable bonds is 3. The van der Waals surface area contributed by atoms with Gasteiger partial charge in [0, 0.05) is 26.6 Å². The van der Waals surface area contributed by atoms with Crippen LogP contribution in [0.2, 0.25) is 0 Å². The smallest absolute Gasteiger partial charge is 0.223 e. The van der Waals surface area contributed by atoms with Crippen LogP contribution in [0.4, 0.5) is 0 Å². The normalized spacial score (nSPS) is 18.2. The SMILES string of the molecule is COC1CN(C(=O)CC(C)C)C1. The number of ether oxygens (including phenoxy) is 1. The number of carbonyl (C=O) groups excluding carboxylic acids is 1. The van der Waals surface area contributed by atoms with Crippen LogP contribution in [0, 0.1) is 5.92 Å². The summed E-state index contributed by atoms with van der Waals surface area (Å²) in [5.41, 5.74) is 0. The third-order valence-corrected chi connectivity index (χ3v) is 2.12. The van der Waals surface area contributed by atoms with Crippen LogP contribution >= 0.6 is 0 Å². The molecule has 0 aromatic carbocycles. The summed E-state index contributed by atoms with van der Waals surface area (Å²) in [6, 6.07) is 0. The number of likely N-dealkylation sites (tertiary alicyclic amines) is 1. The molecule has 0 aromatic rings. The molecule has 0 unspecified atom stereocenters. The van der Waals surface area contributed by atoms with E-state index in [1.807, 2.05) is 4.90 Å². The van der Waals surface area contributed by atoms with E-state index in [1.165, 1.54) is 0 Å². The zero-order chi connectivity index (χ0) is 9.14. The highest BCUT2D eigenvalue weighted by Gasteiger charge is 2.30. The standard InChI is InChI=1S/C9H17NO2/c1-7(2)4-9(11)10-5-8(6-10)12-3/h7-8H,4-6H2,1-3H3. The molecule has 0 saturated carbocycles. The highest BCUT2D eigenvalue weighted by molar-refractivity contribution is 5.77. The third kappa shape index (κ3) is 2.21. The highest BCUT2D eigenvalue weighted by atomic mass is 16.5. The second kappa shape index (κ2) is 3.90. The molecule has 3 nitrogen and oxygen atoms in total. The van der Waals surface area contributed by atoms with Crippen molar-refractivity contribution in [3.8, 4) is 0 Å². The number of methoxy groups -OCH3 is 1. The third-order valence-electron chi connectivity index (χ3n) is 2.12. The molecule has 70 valence electrons. The van der Waals surface area contributed by atoms with Crippen molar-refractivity contribution in [3.63, 3.8) is 0 Å². The van der Waals surface area contributed by atoms with Crippen LogP contribution in [0.3, 0.4) is 0 Å². The topological polar surface area (TPSA) is 29.5 Å². The summed E-state index contributed by atoms with van der Waals surface area (Å²) < 4.78 is 5.08. The largest absolute Gasteiger partial charge is 0.378 e. The van der Waals surface area contributed by atoms with Gasteiger partial charge in [-0.15, -0.1) is 0 Å². The Balaban J connectivity index is 2.19. The lowest BCUT2D eigenvalue weighted by Gasteiger charge is -2.38. The molecule has 1 aliphatic heterocycles. The Morgan fingerprint density at radius 2 is 2.17 bits per heavy atom. The number of nitrogens with zero attached hydrogens (tertiary/aromatic N) is 1. The van der Waals surface area contributed by atoms with Crippen molar-refractivity contribution in [2.24, 2.45) is 5.92 Å². The average Bonchev–Trinajstić information content (AvgIpc) is 1.82. The number of amides is 1. The lowest BCUT2D eigenvalue weighted by Crippen LogP contribution is -2.54. The van der Waals surface area contributed by atoms with E-state index in [2.05, 4.69) is 13.8 Å². The maximum atomic E-state index is 11.4. The van der Waals surface area contributed by atoms with Crippen LogP contribution in [0.1, 0.15) is 20.3 Å². The second-order valence-corrected chi connectivity index (χ2v) is 3.75. The van der Waals surface area contributed by atoms with Gasteiger partial charge < -0.3 is 9.64 Å². The molecule has 1 amide bonds. The summed E-state index contributed by atoms with van der Waals surface area (Å²) >= 11 is 0. The van der Waals surface area contributed by atoms with Gasteiger partial charge in [-0.05, 0) is 5.92 Å². The van der Waals surface area contributed by atoms with Gasteiger partial charge in [-0.1, -0.05) is 13.8 Å². The van der Waals surface area contributed by atoms with E-state index in [9.17, 15) is 4.79 Å². The Bertz CT molecular complexity index is 162. The first kappa shape index (κ1) is 9.52. The molecule has 1 aliphatic rings. The molecule has 1 saturated heterocycles. The van der Waals surface area contributed by atoms with E-state index in [4.69, 9.17) is 4.74 Å². The molecule has 1 heterocycles. The summed E-state index contributed by atoms with van der Waals surface area (Å²) in [4.78, 5) is 13.2. The Labute approximate surface area is 73.7 Å². The molecule has 0 N–H and O–H groups in total. The van der Waals surface area contributed by atoms with Gasteiger partial charge in [0.25, 0.3) is 0 Å². The lowest BCUT2D eigenvalue weighted by molar-refractivity contribution is -0.143. The van der Waals surface area contributed by atoms with E-state index in [0.29, 0.717) is 12.3 Å². The molecule has 1 rings (SSSR count). The van der Waals surface area contributed by atoms with Gasteiger partial charge in [0.1, 0.15) is 0 Å². The first-order valence-corrected chi connectivity index (χ1v) is 4.44. The highest BCUT2D eigenvalue weighted by Crippen LogP contribution is 2.14. The molecule has 0 radical (unpaired) electrons. The van der Waals surface area contributed by atoms with Crippen molar-refractivity contribution >= 4 is 5.91 Å². The zero-order valence-corrected chi connectivity index (χ0v) is 8.04. The van der Waals surface area contributed by atoms with Crippen molar-refractivity contribution < 1.29 is 9.53 Å². The van der Waals surface area contributed by atoms with E-state index in [1.54, 1.807) is 7.11 Å². The summed E-state index contributed by atoms with van der Waals surface area (Å²) in [7, 11) is 1.69. The number of hydrogen-bond acceptors (Lipinski definition) is 2. The molecular formula is C9H17NO2. The van der Waals surface area contributed by atoms with E-state index >= 15 is 0 Å². The summed E-state index contributed by atoms with van der Waals surface area (Å²) in [5.74, 6) is 0.720. The number of carbonyl (C=O) groups is 1. The Hall–Kier alpha value is -0.570. The van der Waals surface area contributed by atoms with Gasteiger partial charge in [0.15, 0.2) is 0 Å². The first-order chi connectivity index (χ1) is 5.63. The monoisotopic (exact) mass is 171 g/mol. The summed E-state index contributed by atoms with van der Waals surface area (Å²) in [6.45, 7) is 5.68. The van der Waals surface area contributed by atoms with Gasteiger partial charge in [0.2, 0.25) is 5.91 Å². The predicted molar refractivity (Wildman–Crippen MR) is 46.8 cm³/mol. The van der Waals surface area contributed by atoms with Crippen molar-refractivity contribution in [1.82, 2.24) is 4.90 Å². The van der Waals surface area contributed by atoms with Crippen LogP contribution in [0.15, 0.2) is 0 Å². The van der Waals surface area contributed by atoms with E-state index in [0.717, 1.165) is 13.1 Å². The van der Waals surface area contributed by atoms with Crippen LogP contribution in [0.25, 0.3) is 0 Å². The maximum absolute atomic E-state index is 11.4. The summed E-state index contributed by atoms with van der Waals surface area (Å²) in [6.07, 6.45) is 0.942. The Kier molecular flexibility index (Phi) is 3.09. The van der Waals surface area contributed by atoms with Gasteiger partial charge in [0.05, 0.1) is 6.10 Å². The van der Waals surface area contributed by atoms with Gasteiger partial charge in [-0.3, -0.25) is 4.79 Å². The molecular weight excluding hydrogens is 154 g/mol. The van der Waals surface area contributed by atoms with Crippen molar-refractivity contribution in [2.75, 3.05) is 20.2 Å². The van der Waals surface area contributed by atoms with Crippen LogP contribution < -0.4 is 0 Å². The predicted octanol–water partition coefficient (Wildman–Crippen LogP) is 0.890. The van der Waals surface area contributed by atoms with Gasteiger partial charge in [-0.25, -0.2) is 0 Å². The molecule has 0 bridgehead atoms. The van der Waals surface area contributed by atoms with E-state index < -0.39 is 0 Å². The number of hydrogen-bond donors (Lipinski definition) is 0. The minimum absolute atomic E-state index is 0.262.